The van der Waals surface area contributed by atoms with Gasteiger partial charge in [0, 0.05) is 5.56 Å². The standard InChI is InChI=1S/C18H15N3O/c19-10-13-6-7-16-17(8-13)21-18(20-16)14-2-1-3-15(9-14)22-11-12-4-5-12/h1-3,6-9,12H,4-5,11H2,(H,20,21). The molecule has 0 amide bonds. The number of aromatic amines is 1. The lowest BCUT2D eigenvalue weighted by Gasteiger charge is -2.06. The summed E-state index contributed by atoms with van der Waals surface area (Å²) in [7, 11) is 0. The number of fused-ring (bicyclic) bond motifs is 1. The average molecular weight is 289 g/mol. The van der Waals surface area contributed by atoms with E-state index in [1.54, 1.807) is 6.07 Å². The van der Waals surface area contributed by atoms with E-state index >= 15 is 0 Å². The molecular formula is C18H15N3O. The Balaban J connectivity index is 1.65. The lowest BCUT2D eigenvalue weighted by Crippen LogP contribution is -1.98. The van der Waals surface area contributed by atoms with E-state index in [4.69, 9.17) is 10.00 Å². The first-order chi connectivity index (χ1) is 10.8. The van der Waals surface area contributed by atoms with Gasteiger partial charge in [-0.25, -0.2) is 4.98 Å². The predicted octanol–water partition coefficient (Wildman–Crippen LogP) is 3.89. The summed E-state index contributed by atoms with van der Waals surface area (Å²) in [6, 6.07) is 15.6. The summed E-state index contributed by atoms with van der Waals surface area (Å²) in [6.07, 6.45) is 2.56. The molecule has 0 atom stereocenters. The number of hydrogen-bond donors (Lipinski definition) is 1. The van der Waals surface area contributed by atoms with Crippen LogP contribution in [0.5, 0.6) is 5.75 Å². The number of nitriles is 1. The van der Waals surface area contributed by atoms with Crippen molar-refractivity contribution in [2.24, 2.45) is 5.92 Å². The van der Waals surface area contributed by atoms with Crippen LogP contribution in [-0.2, 0) is 0 Å². The van der Waals surface area contributed by atoms with Crippen molar-refractivity contribution in [1.82, 2.24) is 9.97 Å². The molecule has 4 rings (SSSR count). The average Bonchev–Trinajstić information content (AvgIpc) is 3.29. The number of rotatable bonds is 4. The Morgan fingerprint density at radius 1 is 1.23 bits per heavy atom. The van der Waals surface area contributed by atoms with E-state index in [0.29, 0.717) is 5.56 Å². The van der Waals surface area contributed by atoms with Crippen LogP contribution < -0.4 is 4.74 Å². The van der Waals surface area contributed by atoms with Gasteiger partial charge in [0.2, 0.25) is 0 Å². The predicted molar refractivity (Wildman–Crippen MR) is 84.5 cm³/mol. The molecule has 0 aliphatic heterocycles. The van der Waals surface area contributed by atoms with Gasteiger partial charge in [0.1, 0.15) is 11.6 Å². The summed E-state index contributed by atoms with van der Waals surface area (Å²) >= 11 is 0. The summed E-state index contributed by atoms with van der Waals surface area (Å²) in [4.78, 5) is 7.86. The second-order valence-electron chi connectivity index (χ2n) is 5.71. The third-order valence-corrected chi connectivity index (χ3v) is 3.90. The molecule has 4 nitrogen and oxygen atoms in total. The molecule has 0 radical (unpaired) electrons. The molecule has 0 spiro atoms. The lowest BCUT2D eigenvalue weighted by atomic mass is 10.2. The molecule has 1 aliphatic carbocycles. The molecule has 0 bridgehead atoms. The highest BCUT2D eigenvalue weighted by molar-refractivity contribution is 5.80. The minimum Gasteiger partial charge on any atom is -0.493 e. The first-order valence-electron chi connectivity index (χ1n) is 7.45. The van der Waals surface area contributed by atoms with Gasteiger partial charge in [-0.05, 0) is 49.1 Å². The van der Waals surface area contributed by atoms with Crippen LogP contribution in [0.15, 0.2) is 42.5 Å². The van der Waals surface area contributed by atoms with E-state index in [1.807, 2.05) is 36.4 Å². The summed E-state index contributed by atoms with van der Waals surface area (Å²) in [5, 5.41) is 8.97. The van der Waals surface area contributed by atoms with E-state index in [0.717, 1.165) is 40.7 Å². The maximum atomic E-state index is 8.97. The zero-order chi connectivity index (χ0) is 14.9. The van der Waals surface area contributed by atoms with Crippen molar-refractivity contribution in [2.75, 3.05) is 6.61 Å². The number of nitrogens with one attached hydrogen (secondary N) is 1. The van der Waals surface area contributed by atoms with Crippen LogP contribution in [0.25, 0.3) is 22.4 Å². The van der Waals surface area contributed by atoms with Gasteiger partial charge in [0.05, 0.1) is 29.3 Å². The van der Waals surface area contributed by atoms with E-state index in [2.05, 4.69) is 16.0 Å². The quantitative estimate of drug-likeness (QED) is 0.792. The minimum atomic E-state index is 0.629. The van der Waals surface area contributed by atoms with Crippen LogP contribution >= 0.6 is 0 Å². The van der Waals surface area contributed by atoms with Crippen molar-refractivity contribution in [3.8, 4) is 23.2 Å². The Morgan fingerprint density at radius 3 is 2.95 bits per heavy atom. The Bertz CT molecular complexity index is 871. The fourth-order valence-electron chi connectivity index (χ4n) is 2.45. The molecule has 1 fully saturated rings. The Kier molecular flexibility index (Phi) is 3.05. The van der Waals surface area contributed by atoms with Crippen molar-refractivity contribution >= 4 is 11.0 Å². The summed E-state index contributed by atoms with van der Waals surface area (Å²) in [5.41, 5.74) is 3.35. The van der Waals surface area contributed by atoms with Gasteiger partial charge in [-0.15, -0.1) is 0 Å². The van der Waals surface area contributed by atoms with Gasteiger partial charge in [-0.1, -0.05) is 12.1 Å². The van der Waals surface area contributed by atoms with Gasteiger partial charge in [-0.3, -0.25) is 0 Å². The summed E-state index contributed by atoms with van der Waals surface area (Å²) < 4.78 is 5.82. The number of nitrogens with zero attached hydrogens (tertiary/aromatic N) is 2. The van der Waals surface area contributed by atoms with Crippen molar-refractivity contribution in [1.29, 1.82) is 5.26 Å². The van der Waals surface area contributed by atoms with Gasteiger partial charge < -0.3 is 9.72 Å². The molecule has 1 saturated carbocycles. The van der Waals surface area contributed by atoms with E-state index in [1.165, 1.54) is 12.8 Å². The first-order valence-corrected chi connectivity index (χ1v) is 7.45. The first kappa shape index (κ1) is 12.9. The van der Waals surface area contributed by atoms with Crippen LogP contribution in [0.3, 0.4) is 0 Å². The minimum absolute atomic E-state index is 0.629. The SMILES string of the molecule is N#Cc1ccc2nc(-c3cccc(OCC4CC4)c3)[nH]c2c1. The molecular weight excluding hydrogens is 274 g/mol. The molecule has 22 heavy (non-hydrogen) atoms. The molecule has 108 valence electrons. The lowest BCUT2D eigenvalue weighted by molar-refractivity contribution is 0.300. The number of ether oxygens (including phenoxy) is 1. The normalized spacial score (nSPS) is 14.0. The van der Waals surface area contributed by atoms with E-state index < -0.39 is 0 Å². The molecule has 2 aromatic carbocycles. The molecule has 1 aromatic heterocycles. The molecule has 0 unspecified atom stereocenters. The zero-order valence-electron chi connectivity index (χ0n) is 12.0. The Morgan fingerprint density at radius 2 is 2.14 bits per heavy atom. The van der Waals surface area contributed by atoms with Gasteiger partial charge in [0.25, 0.3) is 0 Å². The largest absolute Gasteiger partial charge is 0.493 e. The fourth-order valence-corrected chi connectivity index (χ4v) is 2.45. The second-order valence-corrected chi connectivity index (χ2v) is 5.71. The monoisotopic (exact) mass is 289 g/mol. The molecule has 3 aromatic rings. The molecule has 1 N–H and O–H groups in total. The molecule has 4 heteroatoms. The van der Waals surface area contributed by atoms with Gasteiger partial charge in [-0.2, -0.15) is 5.26 Å². The van der Waals surface area contributed by atoms with Crippen LogP contribution in [0.4, 0.5) is 0 Å². The fraction of sp³-hybridized carbons (Fsp3) is 0.222. The highest BCUT2D eigenvalue weighted by Gasteiger charge is 2.21. The van der Waals surface area contributed by atoms with Gasteiger partial charge >= 0.3 is 0 Å². The highest BCUT2D eigenvalue weighted by atomic mass is 16.5. The molecule has 1 heterocycles. The maximum absolute atomic E-state index is 8.97. The number of hydrogen-bond acceptors (Lipinski definition) is 3. The number of imidazole rings is 1. The van der Waals surface area contributed by atoms with Crippen LogP contribution in [0.2, 0.25) is 0 Å². The highest BCUT2D eigenvalue weighted by Crippen LogP contribution is 2.30. The Hall–Kier alpha value is -2.80. The summed E-state index contributed by atoms with van der Waals surface area (Å²) in [5.74, 6) is 2.41. The third kappa shape index (κ3) is 2.53. The van der Waals surface area contributed by atoms with Crippen molar-refractivity contribution in [2.45, 2.75) is 12.8 Å². The number of aromatic nitrogens is 2. The van der Waals surface area contributed by atoms with Crippen LogP contribution in [-0.4, -0.2) is 16.6 Å². The zero-order valence-corrected chi connectivity index (χ0v) is 12.0. The molecule has 0 saturated heterocycles. The number of H-pyrrole nitrogens is 1. The van der Waals surface area contributed by atoms with Gasteiger partial charge in [0.15, 0.2) is 0 Å². The van der Waals surface area contributed by atoms with Crippen LogP contribution in [0.1, 0.15) is 18.4 Å². The van der Waals surface area contributed by atoms with Crippen molar-refractivity contribution in [3.05, 3.63) is 48.0 Å². The van der Waals surface area contributed by atoms with E-state index in [9.17, 15) is 0 Å². The van der Waals surface area contributed by atoms with Crippen molar-refractivity contribution < 1.29 is 4.74 Å². The maximum Gasteiger partial charge on any atom is 0.138 e. The third-order valence-electron chi connectivity index (χ3n) is 3.90. The topological polar surface area (TPSA) is 61.7 Å². The van der Waals surface area contributed by atoms with Crippen LogP contribution in [0, 0.1) is 17.2 Å². The second kappa shape index (κ2) is 5.19. The van der Waals surface area contributed by atoms with E-state index in [-0.39, 0.29) is 0 Å². The van der Waals surface area contributed by atoms with Crippen molar-refractivity contribution in [3.63, 3.8) is 0 Å². The number of benzene rings is 2. The Labute approximate surface area is 128 Å². The summed E-state index contributed by atoms with van der Waals surface area (Å²) in [6.45, 7) is 0.801. The smallest absolute Gasteiger partial charge is 0.138 e. The molecule has 1 aliphatic rings.